The summed E-state index contributed by atoms with van der Waals surface area (Å²) < 4.78 is 9.49. The molecule has 0 aliphatic rings. The Hall–Kier alpha value is -0.810. The van der Waals surface area contributed by atoms with Gasteiger partial charge in [-0.2, -0.15) is 0 Å². The maximum atomic E-state index is 9.60. The molecule has 4 N–H and O–H groups in total. The fraction of sp³-hybridized carbons (Fsp3) is 0.909. The molecule has 0 heterocycles. The highest BCUT2D eigenvalue weighted by Crippen LogP contribution is 1.91. The second kappa shape index (κ2) is 19.7. The highest BCUT2D eigenvalue weighted by atomic mass is 16.5. The van der Waals surface area contributed by atoms with Crippen molar-refractivity contribution >= 4 is 6.09 Å². The summed E-state index contributed by atoms with van der Waals surface area (Å²) in [6, 6.07) is 0. The first-order valence-corrected chi connectivity index (χ1v) is 5.68. The summed E-state index contributed by atoms with van der Waals surface area (Å²) in [4.78, 5) is 9.60. The Bertz CT molecular complexity index is 125. The van der Waals surface area contributed by atoms with Gasteiger partial charge in [-0.3, -0.25) is 0 Å². The Kier molecular flexibility index (Phi) is 25.4. The van der Waals surface area contributed by atoms with E-state index in [1.807, 2.05) is 0 Å². The normalized spacial score (nSPS) is 8.44. The lowest BCUT2D eigenvalue weighted by atomic mass is 10.3. The topological polar surface area (TPSA) is 93.1 Å². The molecule has 0 rings (SSSR count). The van der Waals surface area contributed by atoms with Crippen LogP contribution >= 0.6 is 0 Å². The average Bonchev–Trinajstić information content (AvgIpc) is 2.18. The Morgan fingerprint density at radius 1 is 1.06 bits per heavy atom. The van der Waals surface area contributed by atoms with Crippen molar-refractivity contribution in [1.82, 2.24) is 0 Å². The molecule has 5 nitrogen and oxygen atoms in total. The molecule has 1 amide bonds. The number of ether oxygens (including phenoxy) is 2. The van der Waals surface area contributed by atoms with E-state index in [-0.39, 0.29) is 5.48 Å². The molecular formula is C11H27NO4. The average molecular weight is 237 g/mol. The molecule has 0 spiro atoms. The fourth-order valence-corrected chi connectivity index (χ4v) is 0.737. The molecule has 0 saturated carbocycles. The predicted octanol–water partition coefficient (Wildman–Crippen LogP) is 1.88. The molecule has 0 fully saturated rings. The van der Waals surface area contributed by atoms with E-state index in [1.165, 1.54) is 25.7 Å². The van der Waals surface area contributed by atoms with Gasteiger partial charge in [-0.1, -0.05) is 26.7 Å². The summed E-state index contributed by atoms with van der Waals surface area (Å²) >= 11 is 0. The number of nitrogens with two attached hydrogens (primary N) is 1. The van der Waals surface area contributed by atoms with Crippen molar-refractivity contribution in [3.8, 4) is 0 Å². The van der Waals surface area contributed by atoms with E-state index in [2.05, 4.69) is 24.3 Å². The van der Waals surface area contributed by atoms with Crippen LogP contribution in [0.15, 0.2) is 0 Å². The minimum absolute atomic E-state index is 0. The third kappa shape index (κ3) is 29.2. The number of rotatable bonds is 7. The number of primary amides is 1. The Morgan fingerprint density at radius 3 is 1.69 bits per heavy atom. The van der Waals surface area contributed by atoms with Crippen LogP contribution < -0.4 is 5.73 Å². The molecule has 5 heteroatoms. The first kappa shape index (κ1) is 20.6. The number of carbonyl (C=O) groups is 1. The minimum atomic E-state index is -0.711. The molecule has 0 radical (unpaired) electrons. The van der Waals surface area contributed by atoms with Crippen LogP contribution in [0.25, 0.3) is 0 Å². The molecule has 0 saturated heterocycles. The maximum Gasteiger partial charge on any atom is 0.404 e. The van der Waals surface area contributed by atoms with Crippen molar-refractivity contribution in [2.45, 2.75) is 46.5 Å². The summed E-state index contributed by atoms with van der Waals surface area (Å²) in [7, 11) is 0. The minimum Gasteiger partial charge on any atom is -0.450 e. The van der Waals surface area contributed by atoms with Gasteiger partial charge in [-0.25, -0.2) is 4.79 Å². The summed E-state index contributed by atoms with van der Waals surface area (Å²) in [5.41, 5.74) is 4.54. The fourth-order valence-electron chi connectivity index (χ4n) is 0.737. The Balaban J connectivity index is -0.000000214. The number of hydrogen-bond donors (Lipinski definition) is 1. The highest BCUT2D eigenvalue weighted by Gasteiger charge is 1.84. The van der Waals surface area contributed by atoms with Crippen LogP contribution in [-0.2, 0) is 9.47 Å². The predicted molar refractivity (Wildman–Crippen MR) is 65.5 cm³/mol. The molecule has 0 aliphatic heterocycles. The Morgan fingerprint density at radius 2 is 1.50 bits per heavy atom. The van der Waals surface area contributed by atoms with Crippen molar-refractivity contribution < 1.29 is 19.7 Å². The van der Waals surface area contributed by atoms with Crippen molar-refractivity contribution in [2.75, 3.05) is 19.8 Å². The first-order valence-electron chi connectivity index (χ1n) is 5.68. The van der Waals surface area contributed by atoms with Gasteiger partial charge < -0.3 is 20.7 Å². The van der Waals surface area contributed by atoms with Gasteiger partial charge in [0.25, 0.3) is 0 Å². The van der Waals surface area contributed by atoms with Gasteiger partial charge in [0.1, 0.15) is 0 Å². The van der Waals surface area contributed by atoms with E-state index in [9.17, 15) is 4.79 Å². The number of carbonyl (C=O) groups excluding carboxylic acids is 1. The summed E-state index contributed by atoms with van der Waals surface area (Å²) in [6.45, 7) is 8.33. The first-order chi connectivity index (χ1) is 7.18. The van der Waals surface area contributed by atoms with Crippen LogP contribution in [0.4, 0.5) is 4.79 Å². The Labute approximate surface area is 98.6 Å². The van der Waals surface area contributed by atoms with Crippen LogP contribution in [0.3, 0.4) is 0 Å². The van der Waals surface area contributed by atoms with Crippen LogP contribution in [0.1, 0.15) is 46.5 Å². The molecule has 0 aromatic carbocycles. The molecule has 16 heavy (non-hydrogen) atoms. The van der Waals surface area contributed by atoms with E-state index in [4.69, 9.17) is 4.74 Å². The molecule has 0 unspecified atom stereocenters. The van der Waals surface area contributed by atoms with E-state index in [0.29, 0.717) is 6.61 Å². The standard InChI is InChI=1S/C8H18O.C3H7NO2.H2O/c1-3-5-7-9-8-6-4-2;1-2-6-3(4)5;/h3-8H2,1-2H3;2H2,1H3,(H2,4,5);1H2. The third-order valence-corrected chi connectivity index (χ3v) is 1.57. The second-order valence-electron chi connectivity index (χ2n) is 3.07. The van der Waals surface area contributed by atoms with Crippen molar-refractivity contribution in [3.05, 3.63) is 0 Å². The van der Waals surface area contributed by atoms with Gasteiger partial charge in [0.15, 0.2) is 0 Å². The zero-order chi connectivity index (χ0) is 11.9. The smallest absolute Gasteiger partial charge is 0.404 e. The molecule has 0 aromatic rings. The zero-order valence-electron chi connectivity index (χ0n) is 10.8. The van der Waals surface area contributed by atoms with Gasteiger partial charge in [0.2, 0.25) is 0 Å². The number of unbranched alkanes of at least 4 members (excludes halogenated alkanes) is 2. The van der Waals surface area contributed by atoms with E-state index >= 15 is 0 Å². The van der Waals surface area contributed by atoms with Gasteiger partial charge in [-0.15, -0.1) is 0 Å². The van der Waals surface area contributed by atoms with Crippen molar-refractivity contribution in [1.29, 1.82) is 0 Å². The molecule has 0 atom stereocenters. The molecular weight excluding hydrogens is 210 g/mol. The SMILES string of the molecule is CCCCOCCCC.CCOC(N)=O.O. The van der Waals surface area contributed by atoms with Gasteiger partial charge >= 0.3 is 6.09 Å². The van der Waals surface area contributed by atoms with Gasteiger partial charge in [-0.05, 0) is 19.8 Å². The van der Waals surface area contributed by atoms with Crippen molar-refractivity contribution in [2.24, 2.45) is 5.73 Å². The zero-order valence-corrected chi connectivity index (χ0v) is 10.8. The lowest BCUT2D eigenvalue weighted by molar-refractivity contribution is 0.128. The molecule has 0 bridgehead atoms. The van der Waals surface area contributed by atoms with E-state index in [1.54, 1.807) is 6.92 Å². The quantitative estimate of drug-likeness (QED) is 0.685. The third-order valence-electron chi connectivity index (χ3n) is 1.57. The summed E-state index contributed by atoms with van der Waals surface area (Å²) in [6.07, 6.45) is 4.20. The van der Waals surface area contributed by atoms with E-state index in [0.717, 1.165) is 13.2 Å². The van der Waals surface area contributed by atoms with Crippen LogP contribution in [0.2, 0.25) is 0 Å². The van der Waals surface area contributed by atoms with Crippen LogP contribution in [0, 0.1) is 0 Å². The monoisotopic (exact) mass is 237 g/mol. The van der Waals surface area contributed by atoms with Crippen LogP contribution in [-0.4, -0.2) is 31.4 Å². The number of amides is 1. The molecule has 0 aromatic heterocycles. The van der Waals surface area contributed by atoms with Gasteiger partial charge in [0.05, 0.1) is 6.61 Å². The largest absolute Gasteiger partial charge is 0.450 e. The lowest BCUT2D eigenvalue weighted by Gasteiger charge is -1.99. The maximum absolute atomic E-state index is 9.60. The van der Waals surface area contributed by atoms with Gasteiger partial charge in [0, 0.05) is 13.2 Å². The second-order valence-corrected chi connectivity index (χ2v) is 3.07. The molecule has 0 aliphatic carbocycles. The number of hydrogen-bond acceptors (Lipinski definition) is 3. The molecule has 100 valence electrons. The van der Waals surface area contributed by atoms with Crippen molar-refractivity contribution in [3.63, 3.8) is 0 Å². The summed E-state index contributed by atoms with van der Waals surface area (Å²) in [5, 5.41) is 0. The van der Waals surface area contributed by atoms with Crippen LogP contribution in [0.5, 0.6) is 0 Å². The van der Waals surface area contributed by atoms with E-state index < -0.39 is 6.09 Å². The highest BCUT2D eigenvalue weighted by molar-refractivity contribution is 5.64. The lowest BCUT2D eigenvalue weighted by Crippen LogP contribution is -2.11. The summed E-state index contributed by atoms with van der Waals surface area (Å²) in [5.74, 6) is 0.